The minimum Gasteiger partial charge on any atom is -0.260 e. The number of hydrogen-bond donors (Lipinski definition) is 0. The smallest absolute Gasteiger partial charge is 0.123 e. The maximum Gasteiger partial charge on any atom is 0.123 e. The summed E-state index contributed by atoms with van der Waals surface area (Å²) >= 11 is 0. The van der Waals surface area contributed by atoms with Gasteiger partial charge in [0.1, 0.15) is 5.82 Å². The molecule has 0 amide bonds. The maximum absolute atomic E-state index is 13.3. The van der Waals surface area contributed by atoms with Gasteiger partial charge < -0.3 is 0 Å². The summed E-state index contributed by atoms with van der Waals surface area (Å²) in [7, 11) is 0. The number of hydrogen-bond acceptors (Lipinski definition) is 1. The van der Waals surface area contributed by atoms with E-state index in [2.05, 4.69) is 24.7 Å². The van der Waals surface area contributed by atoms with Gasteiger partial charge in [0, 0.05) is 11.8 Å². The van der Waals surface area contributed by atoms with Gasteiger partial charge in [0.2, 0.25) is 0 Å². The molecule has 0 aliphatic heterocycles. The van der Waals surface area contributed by atoms with Gasteiger partial charge in [0.05, 0.1) is 11.6 Å². The first-order chi connectivity index (χ1) is 10.7. The molecule has 1 nitrogen and oxygen atoms in total. The molecule has 0 saturated heterocycles. The minimum atomic E-state index is -0.250. The lowest BCUT2D eigenvalue weighted by Crippen LogP contribution is -2.04. The molecule has 1 aromatic heterocycles. The van der Waals surface area contributed by atoms with Gasteiger partial charge in [0.25, 0.3) is 0 Å². The van der Waals surface area contributed by atoms with Crippen molar-refractivity contribution in [2.75, 3.05) is 0 Å². The van der Waals surface area contributed by atoms with Crippen LogP contribution in [0.25, 0.3) is 11.1 Å². The van der Waals surface area contributed by atoms with E-state index >= 15 is 0 Å². The maximum atomic E-state index is 13.3. The first kappa shape index (κ1) is 15.9. The Kier molecular flexibility index (Phi) is 5.42. The highest BCUT2D eigenvalue weighted by molar-refractivity contribution is 5.63. The summed E-state index contributed by atoms with van der Waals surface area (Å²) in [6.45, 7) is 11.6. The third-order valence-corrected chi connectivity index (χ3v) is 3.40. The molecule has 111 valence electrons. The molecule has 1 heterocycles. The molecule has 0 aliphatic rings. The Bertz CT molecular complexity index is 670. The third kappa shape index (κ3) is 3.79. The summed E-state index contributed by atoms with van der Waals surface area (Å²) in [5.74, 6) is 0.806. The number of allylic oxidation sites excluding steroid dienone is 3. The van der Waals surface area contributed by atoms with E-state index in [0.29, 0.717) is 6.42 Å². The number of halogens is 1. The fourth-order valence-corrected chi connectivity index (χ4v) is 2.28. The Morgan fingerprint density at radius 1 is 1.05 bits per heavy atom. The predicted octanol–water partition coefficient (Wildman–Crippen LogP) is 5.52. The first-order valence-electron chi connectivity index (χ1n) is 7.14. The average molecular weight is 292 g/mol. The van der Waals surface area contributed by atoms with Crippen LogP contribution in [0.2, 0.25) is 0 Å². The van der Waals surface area contributed by atoms with Crippen molar-refractivity contribution in [1.82, 2.24) is 4.98 Å². The zero-order chi connectivity index (χ0) is 15.9. The fraction of sp³-hybridized carbons (Fsp3) is 0.100. The highest BCUT2D eigenvalue weighted by Gasteiger charge is 2.15. The number of aromatic nitrogens is 1. The summed E-state index contributed by atoms with van der Waals surface area (Å²) in [5, 5.41) is 0. The first-order valence-corrected chi connectivity index (χ1v) is 7.14. The third-order valence-electron chi connectivity index (χ3n) is 3.40. The van der Waals surface area contributed by atoms with E-state index in [1.807, 2.05) is 30.4 Å². The topological polar surface area (TPSA) is 12.9 Å². The van der Waals surface area contributed by atoms with E-state index in [1.165, 1.54) is 12.1 Å². The van der Waals surface area contributed by atoms with Crippen LogP contribution in [-0.4, -0.2) is 4.98 Å². The van der Waals surface area contributed by atoms with Crippen LogP contribution in [0.3, 0.4) is 0 Å². The quantitative estimate of drug-likeness (QED) is 0.612. The van der Waals surface area contributed by atoms with E-state index in [0.717, 1.165) is 34.7 Å². The lowest BCUT2D eigenvalue weighted by Gasteiger charge is -2.16. The van der Waals surface area contributed by atoms with Crippen LogP contribution < -0.4 is 0 Å². The van der Waals surface area contributed by atoms with Gasteiger partial charge in [-0.1, -0.05) is 42.5 Å². The number of nitrogens with zero attached hydrogens (tertiary/aromatic N) is 1. The monoisotopic (exact) mass is 292 g/mol. The van der Waals surface area contributed by atoms with Crippen LogP contribution in [0.4, 0.5) is 4.39 Å². The standard InChI is InChI=1S/C20H19FN/c1-4-7-15(3)19(8-5-2)20-12-11-17(14-22-20)16-9-6-10-18(21)13-16/h4-6,9-14H,1-3,7-8H2. The number of rotatable bonds is 7. The van der Waals surface area contributed by atoms with Crippen molar-refractivity contribution in [3.8, 4) is 11.1 Å². The molecule has 0 saturated carbocycles. The molecule has 2 heteroatoms. The molecular formula is C20H19FN. The van der Waals surface area contributed by atoms with E-state index in [4.69, 9.17) is 0 Å². The van der Waals surface area contributed by atoms with Crippen molar-refractivity contribution in [2.24, 2.45) is 0 Å². The van der Waals surface area contributed by atoms with E-state index < -0.39 is 0 Å². The molecule has 0 unspecified atom stereocenters. The minimum absolute atomic E-state index is 0.250. The number of pyridine rings is 1. The van der Waals surface area contributed by atoms with Crippen molar-refractivity contribution in [3.05, 3.63) is 97.5 Å². The lowest BCUT2D eigenvalue weighted by atomic mass is 9.90. The summed E-state index contributed by atoms with van der Waals surface area (Å²) in [6, 6.07) is 10.4. The Balaban J connectivity index is 2.27. The summed E-state index contributed by atoms with van der Waals surface area (Å²) in [4.78, 5) is 4.50. The molecule has 1 radical (unpaired) electrons. The summed E-state index contributed by atoms with van der Waals surface area (Å²) in [5.41, 5.74) is 3.55. The van der Waals surface area contributed by atoms with E-state index in [9.17, 15) is 4.39 Å². The van der Waals surface area contributed by atoms with Crippen LogP contribution in [0.1, 0.15) is 18.5 Å². The van der Waals surface area contributed by atoms with Crippen LogP contribution >= 0.6 is 0 Å². The average Bonchev–Trinajstić information content (AvgIpc) is 2.53. The van der Waals surface area contributed by atoms with Crippen LogP contribution in [0.15, 0.2) is 80.1 Å². The van der Waals surface area contributed by atoms with Crippen molar-refractivity contribution >= 4 is 0 Å². The fourth-order valence-electron chi connectivity index (χ4n) is 2.28. The second kappa shape index (κ2) is 7.51. The van der Waals surface area contributed by atoms with Gasteiger partial charge >= 0.3 is 0 Å². The molecule has 2 rings (SSSR count). The molecule has 0 fully saturated rings. The molecule has 0 bridgehead atoms. The molecule has 2 aromatic rings. The zero-order valence-electron chi connectivity index (χ0n) is 12.6. The molecule has 0 N–H and O–H groups in total. The van der Waals surface area contributed by atoms with Crippen molar-refractivity contribution in [2.45, 2.75) is 12.8 Å². The highest BCUT2D eigenvalue weighted by Crippen LogP contribution is 2.28. The largest absolute Gasteiger partial charge is 0.260 e. The Hall–Kier alpha value is -2.48. The highest BCUT2D eigenvalue weighted by atomic mass is 19.1. The summed E-state index contributed by atoms with van der Waals surface area (Å²) in [6.07, 6.45) is 6.85. The van der Waals surface area contributed by atoms with Gasteiger partial charge in [-0.15, -0.1) is 13.2 Å². The van der Waals surface area contributed by atoms with Crippen LogP contribution in [0, 0.1) is 11.7 Å². The molecule has 0 spiro atoms. The molecule has 0 atom stereocenters. The van der Waals surface area contributed by atoms with Gasteiger partial charge in [0.15, 0.2) is 0 Å². The normalized spacial score (nSPS) is 10.5. The van der Waals surface area contributed by atoms with Crippen LogP contribution in [-0.2, 0) is 0 Å². The Morgan fingerprint density at radius 3 is 2.41 bits per heavy atom. The van der Waals surface area contributed by atoms with Crippen molar-refractivity contribution in [1.29, 1.82) is 0 Å². The molecule has 1 aromatic carbocycles. The number of benzene rings is 1. The van der Waals surface area contributed by atoms with Gasteiger partial charge in [-0.25, -0.2) is 4.39 Å². The Morgan fingerprint density at radius 2 is 1.82 bits per heavy atom. The van der Waals surface area contributed by atoms with Crippen LogP contribution in [0.5, 0.6) is 0 Å². The zero-order valence-corrected chi connectivity index (χ0v) is 12.6. The predicted molar refractivity (Wildman–Crippen MR) is 90.7 cm³/mol. The van der Waals surface area contributed by atoms with Crippen molar-refractivity contribution in [3.63, 3.8) is 0 Å². The van der Waals surface area contributed by atoms with Gasteiger partial charge in [-0.05, 0) is 36.6 Å². The SMILES string of the molecule is C=CC[C](C(=C)CC=C)c1ccc(-c2cccc(F)c2)cn1. The molecular weight excluding hydrogens is 273 g/mol. The van der Waals surface area contributed by atoms with Gasteiger partial charge in [-0.2, -0.15) is 0 Å². The molecule has 22 heavy (non-hydrogen) atoms. The second-order valence-electron chi connectivity index (χ2n) is 5.01. The second-order valence-corrected chi connectivity index (χ2v) is 5.01. The van der Waals surface area contributed by atoms with E-state index in [-0.39, 0.29) is 5.82 Å². The Labute approximate surface area is 131 Å². The lowest BCUT2D eigenvalue weighted by molar-refractivity contribution is 0.628. The molecule has 0 aliphatic carbocycles. The summed E-state index contributed by atoms with van der Waals surface area (Å²) < 4.78 is 13.3. The van der Waals surface area contributed by atoms with Crippen molar-refractivity contribution < 1.29 is 4.39 Å². The van der Waals surface area contributed by atoms with E-state index in [1.54, 1.807) is 12.3 Å². The van der Waals surface area contributed by atoms with Gasteiger partial charge in [-0.3, -0.25) is 4.98 Å².